The van der Waals surface area contributed by atoms with Crippen molar-refractivity contribution in [2.24, 2.45) is 0 Å². The van der Waals surface area contributed by atoms with Gasteiger partial charge in [0.25, 0.3) is 0 Å². The van der Waals surface area contributed by atoms with E-state index in [1.807, 2.05) is 0 Å². The van der Waals surface area contributed by atoms with Crippen LogP contribution in [0.1, 0.15) is 19.7 Å². The van der Waals surface area contributed by atoms with E-state index in [4.69, 9.17) is 20.9 Å². The molecular formula is C19H20ClN3O4S. The van der Waals surface area contributed by atoms with Gasteiger partial charge in [0.2, 0.25) is 21.7 Å². The molecule has 0 aliphatic carbocycles. The van der Waals surface area contributed by atoms with Crippen LogP contribution in [-0.2, 0) is 16.6 Å². The van der Waals surface area contributed by atoms with Gasteiger partial charge in [-0.1, -0.05) is 16.8 Å². The second-order valence-corrected chi connectivity index (χ2v) is 8.67. The molecule has 3 rings (SSSR count). The Morgan fingerprint density at radius 3 is 2.32 bits per heavy atom. The molecule has 0 aliphatic rings. The average molecular weight is 422 g/mol. The zero-order valence-corrected chi connectivity index (χ0v) is 17.2. The van der Waals surface area contributed by atoms with E-state index in [2.05, 4.69) is 10.1 Å². The van der Waals surface area contributed by atoms with Crippen LogP contribution >= 0.6 is 11.6 Å². The third-order valence-electron chi connectivity index (χ3n) is 4.10. The minimum atomic E-state index is -3.75. The molecule has 0 spiro atoms. The lowest BCUT2D eigenvalue weighted by Crippen LogP contribution is -2.36. The Morgan fingerprint density at radius 2 is 1.75 bits per heavy atom. The summed E-state index contributed by atoms with van der Waals surface area (Å²) >= 11 is 5.89. The first-order valence-corrected chi connectivity index (χ1v) is 10.4. The van der Waals surface area contributed by atoms with Crippen molar-refractivity contribution in [3.8, 4) is 17.1 Å². The summed E-state index contributed by atoms with van der Waals surface area (Å²) < 4.78 is 37.8. The normalized spacial score (nSPS) is 11.9. The number of rotatable bonds is 7. The van der Waals surface area contributed by atoms with E-state index in [9.17, 15) is 8.42 Å². The molecule has 1 aromatic heterocycles. The summed E-state index contributed by atoms with van der Waals surface area (Å²) in [5.74, 6) is 1.16. The molecule has 1 heterocycles. The predicted octanol–water partition coefficient (Wildman–Crippen LogP) is 4.00. The molecule has 9 heteroatoms. The van der Waals surface area contributed by atoms with Gasteiger partial charge >= 0.3 is 0 Å². The first-order chi connectivity index (χ1) is 13.3. The van der Waals surface area contributed by atoms with Crippen LogP contribution in [0.3, 0.4) is 0 Å². The highest BCUT2D eigenvalue weighted by Crippen LogP contribution is 2.24. The van der Waals surface area contributed by atoms with E-state index in [1.165, 1.54) is 23.5 Å². The van der Waals surface area contributed by atoms with Gasteiger partial charge in [0.15, 0.2) is 0 Å². The maximum Gasteiger partial charge on any atom is 0.243 e. The molecule has 2 aromatic carbocycles. The summed E-state index contributed by atoms with van der Waals surface area (Å²) in [6.07, 6.45) is 0. The van der Waals surface area contributed by atoms with Gasteiger partial charge in [-0.3, -0.25) is 0 Å². The molecule has 0 fully saturated rings. The highest BCUT2D eigenvalue weighted by atomic mass is 35.5. The number of halogens is 1. The first kappa shape index (κ1) is 20.3. The number of ether oxygens (including phenoxy) is 1. The van der Waals surface area contributed by atoms with E-state index < -0.39 is 10.0 Å². The maximum absolute atomic E-state index is 13.1. The number of aromatic nitrogens is 2. The van der Waals surface area contributed by atoms with Crippen molar-refractivity contribution >= 4 is 21.6 Å². The summed E-state index contributed by atoms with van der Waals surface area (Å²) in [7, 11) is -2.23. The Bertz CT molecular complexity index is 1030. The van der Waals surface area contributed by atoms with E-state index in [0.717, 1.165) is 5.56 Å². The summed E-state index contributed by atoms with van der Waals surface area (Å²) in [6.45, 7) is 3.54. The van der Waals surface area contributed by atoms with Crippen LogP contribution in [-0.4, -0.2) is 36.0 Å². The Kier molecular flexibility index (Phi) is 6.02. The summed E-state index contributed by atoms with van der Waals surface area (Å²) in [5, 5.41) is 4.54. The number of hydrogen-bond donors (Lipinski definition) is 0. The lowest BCUT2D eigenvalue weighted by atomic mass is 10.2. The highest BCUT2D eigenvalue weighted by Gasteiger charge is 2.29. The molecule has 0 amide bonds. The van der Waals surface area contributed by atoms with E-state index in [-0.39, 0.29) is 23.4 Å². The van der Waals surface area contributed by atoms with Crippen LogP contribution in [0.5, 0.6) is 5.75 Å². The van der Waals surface area contributed by atoms with Crippen molar-refractivity contribution in [3.05, 3.63) is 59.4 Å². The average Bonchev–Trinajstić information content (AvgIpc) is 3.15. The smallest absolute Gasteiger partial charge is 0.243 e. The van der Waals surface area contributed by atoms with Crippen molar-refractivity contribution < 1.29 is 17.7 Å². The van der Waals surface area contributed by atoms with Gasteiger partial charge in [-0.05, 0) is 62.4 Å². The fourth-order valence-electron chi connectivity index (χ4n) is 2.60. The summed E-state index contributed by atoms with van der Waals surface area (Å²) in [4.78, 5) is 4.49. The van der Waals surface area contributed by atoms with Crippen molar-refractivity contribution in [1.29, 1.82) is 0 Å². The van der Waals surface area contributed by atoms with Gasteiger partial charge in [-0.25, -0.2) is 8.42 Å². The Morgan fingerprint density at radius 1 is 1.11 bits per heavy atom. The number of hydrogen-bond acceptors (Lipinski definition) is 6. The maximum atomic E-state index is 13.1. The second kappa shape index (κ2) is 8.30. The molecule has 148 valence electrons. The number of methoxy groups -OCH3 is 1. The van der Waals surface area contributed by atoms with Crippen LogP contribution in [0.4, 0.5) is 0 Å². The van der Waals surface area contributed by atoms with E-state index >= 15 is 0 Å². The molecule has 0 saturated heterocycles. The molecular weight excluding hydrogens is 402 g/mol. The highest BCUT2D eigenvalue weighted by molar-refractivity contribution is 7.89. The van der Waals surface area contributed by atoms with Gasteiger partial charge in [0, 0.05) is 16.6 Å². The van der Waals surface area contributed by atoms with Gasteiger partial charge in [0.1, 0.15) is 5.75 Å². The first-order valence-electron chi connectivity index (χ1n) is 8.55. The molecule has 0 aliphatic heterocycles. The zero-order valence-electron chi connectivity index (χ0n) is 15.7. The van der Waals surface area contributed by atoms with E-state index in [1.54, 1.807) is 50.2 Å². The molecule has 0 saturated carbocycles. The van der Waals surface area contributed by atoms with Crippen molar-refractivity contribution in [3.63, 3.8) is 0 Å². The molecule has 0 radical (unpaired) electrons. The zero-order chi connectivity index (χ0) is 20.3. The molecule has 7 nitrogen and oxygen atoms in total. The fraction of sp³-hybridized carbons (Fsp3) is 0.263. The quantitative estimate of drug-likeness (QED) is 0.573. The van der Waals surface area contributed by atoms with Crippen molar-refractivity contribution in [2.45, 2.75) is 31.3 Å². The minimum Gasteiger partial charge on any atom is -0.497 e. The van der Waals surface area contributed by atoms with Crippen LogP contribution in [0.2, 0.25) is 5.02 Å². The van der Waals surface area contributed by atoms with Gasteiger partial charge in [-0.2, -0.15) is 9.29 Å². The lowest BCUT2D eigenvalue weighted by molar-refractivity contribution is 0.286. The largest absolute Gasteiger partial charge is 0.497 e. The summed E-state index contributed by atoms with van der Waals surface area (Å²) in [5.41, 5.74) is 0.730. The topological polar surface area (TPSA) is 85.5 Å². The minimum absolute atomic E-state index is 0.0351. The van der Waals surface area contributed by atoms with E-state index in [0.29, 0.717) is 16.6 Å². The van der Waals surface area contributed by atoms with Crippen molar-refractivity contribution in [1.82, 2.24) is 14.4 Å². The van der Waals surface area contributed by atoms with Gasteiger partial charge in [-0.15, -0.1) is 0 Å². The molecule has 0 bridgehead atoms. The Hall–Kier alpha value is -2.42. The Labute approximate surface area is 168 Å². The SMILES string of the molecule is COc1ccc(S(=O)(=O)N(Cc2nc(-c3ccc(Cl)cc3)no2)C(C)C)cc1. The monoisotopic (exact) mass is 421 g/mol. The molecule has 0 unspecified atom stereocenters. The van der Waals surface area contributed by atoms with Gasteiger partial charge < -0.3 is 9.26 Å². The van der Waals surface area contributed by atoms with Crippen LogP contribution in [0.25, 0.3) is 11.4 Å². The second-order valence-electron chi connectivity index (χ2n) is 6.34. The fourth-order valence-corrected chi connectivity index (χ4v) is 4.31. The molecule has 28 heavy (non-hydrogen) atoms. The molecule has 0 atom stereocenters. The third kappa shape index (κ3) is 4.35. The van der Waals surface area contributed by atoms with Crippen LogP contribution in [0, 0.1) is 0 Å². The lowest BCUT2D eigenvalue weighted by Gasteiger charge is -2.24. The molecule has 3 aromatic rings. The number of sulfonamides is 1. The standard InChI is InChI=1S/C19H20ClN3O4S/c1-13(2)23(28(24,25)17-10-8-16(26-3)9-11-17)12-18-21-19(22-27-18)14-4-6-15(20)7-5-14/h4-11,13H,12H2,1-3H3. The molecule has 0 N–H and O–H groups in total. The number of benzene rings is 2. The van der Waals surface area contributed by atoms with Crippen LogP contribution in [0.15, 0.2) is 57.9 Å². The number of nitrogens with zero attached hydrogens (tertiary/aromatic N) is 3. The van der Waals surface area contributed by atoms with Crippen LogP contribution < -0.4 is 4.74 Å². The summed E-state index contributed by atoms with van der Waals surface area (Å²) in [6, 6.07) is 12.9. The Balaban J connectivity index is 1.86. The predicted molar refractivity (Wildman–Crippen MR) is 106 cm³/mol. The van der Waals surface area contributed by atoms with Gasteiger partial charge in [0.05, 0.1) is 18.6 Å². The third-order valence-corrected chi connectivity index (χ3v) is 6.39. The van der Waals surface area contributed by atoms with Crippen molar-refractivity contribution in [2.75, 3.05) is 7.11 Å².